The molecule has 0 spiro atoms. The first kappa shape index (κ1) is 16.3. The van der Waals surface area contributed by atoms with Gasteiger partial charge >= 0.3 is 0 Å². The first-order valence-corrected chi connectivity index (χ1v) is 8.13. The predicted molar refractivity (Wildman–Crippen MR) is 98.1 cm³/mol. The number of aryl methyl sites for hydroxylation is 1. The molecule has 4 aromatic rings. The summed E-state index contributed by atoms with van der Waals surface area (Å²) in [5.74, 6) is -0.397. The van der Waals surface area contributed by atoms with Gasteiger partial charge in [0, 0.05) is 41.4 Å². The maximum Gasteiger partial charge on any atom is 0.140 e. The topological polar surface area (TPSA) is 27.1 Å². The first-order valence-electron chi connectivity index (χ1n) is 8.13. The summed E-state index contributed by atoms with van der Waals surface area (Å²) in [7, 11) is 3.48. The van der Waals surface area contributed by atoms with Gasteiger partial charge in [-0.3, -0.25) is 0 Å². The zero-order valence-corrected chi connectivity index (χ0v) is 14.3. The fourth-order valence-corrected chi connectivity index (χ4v) is 3.10. The molecule has 0 unspecified atom stereocenters. The number of fused-ring (bicyclic) bond motifs is 1. The van der Waals surface area contributed by atoms with Gasteiger partial charge in [0.05, 0.1) is 12.8 Å². The Kier molecular flexibility index (Phi) is 3.92. The minimum absolute atomic E-state index is 0.357. The van der Waals surface area contributed by atoms with E-state index in [1.54, 1.807) is 7.11 Å². The Hall–Kier alpha value is -3.21. The van der Waals surface area contributed by atoms with Crippen LogP contribution in [0.15, 0.2) is 60.8 Å². The molecule has 0 bridgehead atoms. The van der Waals surface area contributed by atoms with E-state index in [9.17, 15) is 8.78 Å². The molecular weight excluding hydrogens is 334 g/mol. The molecule has 26 heavy (non-hydrogen) atoms. The van der Waals surface area contributed by atoms with Crippen LogP contribution in [-0.4, -0.2) is 16.7 Å². The quantitative estimate of drug-likeness (QED) is 0.508. The van der Waals surface area contributed by atoms with Gasteiger partial charge in [-0.05, 0) is 48.5 Å². The molecule has 5 heteroatoms. The average Bonchev–Trinajstić information content (AvgIpc) is 2.98. The molecule has 4 rings (SSSR count). The highest BCUT2D eigenvalue weighted by molar-refractivity contribution is 5.95. The van der Waals surface area contributed by atoms with Crippen LogP contribution in [0.1, 0.15) is 0 Å². The summed E-state index contributed by atoms with van der Waals surface area (Å²) in [6.07, 6.45) is 1.81. The van der Waals surface area contributed by atoms with E-state index in [2.05, 4.69) is 0 Å². The third kappa shape index (κ3) is 2.71. The normalized spacial score (nSPS) is 11.1. The second-order valence-corrected chi connectivity index (χ2v) is 6.07. The van der Waals surface area contributed by atoms with E-state index in [0.29, 0.717) is 11.1 Å². The van der Waals surface area contributed by atoms with Crippen LogP contribution in [0.5, 0.6) is 5.75 Å². The summed E-state index contributed by atoms with van der Waals surface area (Å²) in [5.41, 5.74) is 3.55. The highest BCUT2D eigenvalue weighted by Gasteiger charge is 2.15. The van der Waals surface area contributed by atoms with Crippen molar-refractivity contribution in [1.82, 2.24) is 9.55 Å². The molecule has 2 aromatic heterocycles. The fourth-order valence-electron chi connectivity index (χ4n) is 3.10. The minimum atomic E-state index is -0.591. The zero-order valence-electron chi connectivity index (χ0n) is 14.3. The average molecular weight is 350 g/mol. The van der Waals surface area contributed by atoms with Gasteiger partial charge in [-0.15, -0.1) is 0 Å². The Morgan fingerprint density at radius 3 is 2.38 bits per heavy atom. The van der Waals surface area contributed by atoms with Crippen LogP contribution in [0.4, 0.5) is 8.78 Å². The Morgan fingerprint density at radius 1 is 0.923 bits per heavy atom. The number of aromatic nitrogens is 2. The molecule has 0 aliphatic heterocycles. The molecule has 130 valence electrons. The van der Waals surface area contributed by atoms with E-state index in [4.69, 9.17) is 9.72 Å². The van der Waals surface area contributed by atoms with Crippen LogP contribution >= 0.6 is 0 Å². The molecule has 2 aromatic carbocycles. The molecule has 0 N–H and O–H groups in total. The number of pyridine rings is 1. The van der Waals surface area contributed by atoms with E-state index in [1.807, 2.05) is 54.2 Å². The molecule has 0 saturated heterocycles. The lowest BCUT2D eigenvalue weighted by Crippen LogP contribution is -1.90. The highest BCUT2D eigenvalue weighted by atomic mass is 19.1. The number of rotatable bonds is 3. The molecule has 0 amide bonds. The van der Waals surface area contributed by atoms with Crippen molar-refractivity contribution in [3.05, 3.63) is 72.4 Å². The van der Waals surface area contributed by atoms with Gasteiger partial charge in [0.1, 0.15) is 23.0 Å². The van der Waals surface area contributed by atoms with Gasteiger partial charge in [0.25, 0.3) is 0 Å². The molecule has 0 fully saturated rings. The fraction of sp³-hybridized carbons (Fsp3) is 0.0952. The molecule has 3 nitrogen and oxygen atoms in total. The summed E-state index contributed by atoms with van der Waals surface area (Å²) in [5, 5.41) is 0.815. The number of hydrogen-bond donors (Lipinski definition) is 0. The summed E-state index contributed by atoms with van der Waals surface area (Å²) < 4.78 is 34.4. The second-order valence-electron chi connectivity index (χ2n) is 6.07. The van der Waals surface area contributed by atoms with Gasteiger partial charge in [-0.2, -0.15) is 0 Å². The third-order valence-electron chi connectivity index (χ3n) is 4.43. The molecule has 0 saturated carbocycles. The molecule has 2 heterocycles. The lowest BCUT2D eigenvalue weighted by atomic mass is 10.0. The van der Waals surface area contributed by atoms with Crippen LogP contribution < -0.4 is 4.74 Å². The second kappa shape index (κ2) is 6.26. The van der Waals surface area contributed by atoms with Gasteiger partial charge in [0.2, 0.25) is 0 Å². The van der Waals surface area contributed by atoms with Gasteiger partial charge in [0.15, 0.2) is 0 Å². The smallest absolute Gasteiger partial charge is 0.140 e. The number of nitrogens with zero attached hydrogens (tertiary/aromatic N) is 2. The monoisotopic (exact) mass is 350 g/mol. The van der Waals surface area contributed by atoms with Crippen molar-refractivity contribution >= 4 is 11.0 Å². The maximum absolute atomic E-state index is 14.2. The third-order valence-corrected chi connectivity index (χ3v) is 4.43. The summed E-state index contributed by atoms with van der Waals surface area (Å²) >= 11 is 0. The Labute approximate surface area is 149 Å². The van der Waals surface area contributed by atoms with Crippen LogP contribution in [0.2, 0.25) is 0 Å². The van der Waals surface area contributed by atoms with Crippen molar-refractivity contribution in [2.75, 3.05) is 7.11 Å². The van der Waals surface area contributed by atoms with Crippen LogP contribution in [0, 0.1) is 11.6 Å². The largest absolute Gasteiger partial charge is 0.497 e. The summed E-state index contributed by atoms with van der Waals surface area (Å²) in [6.45, 7) is 0. The number of halogens is 2. The van der Waals surface area contributed by atoms with E-state index in [-0.39, 0.29) is 0 Å². The van der Waals surface area contributed by atoms with Crippen LogP contribution in [0.25, 0.3) is 33.4 Å². The molecule has 0 aliphatic rings. The summed E-state index contributed by atoms with van der Waals surface area (Å²) in [4.78, 5) is 4.72. The van der Waals surface area contributed by atoms with Crippen molar-refractivity contribution in [1.29, 1.82) is 0 Å². The Balaban J connectivity index is 1.84. The standard InChI is InChI=1S/C21H16F2N2O/c1-25-12-18(16-8-5-14(22)11-19(16)23)17-9-10-20(24-21(17)25)13-3-6-15(26-2)7-4-13/h3-12H,1-2H3. The number of benzene rings is 2. The Morgan fingerprint density at radius 2 is 1.69 bits per heavy atom. The van der Waals surface area contributed by atoms with E-state index >= 15 is 0 Å². The van der Waals surface area contributed by atoms with Crippen LogP contribution in [-0.2, 0) is 7.05 Å². The predicted octanol–water partition coefficient (Wildman–Crippen LogP) is 5.19. The van der Waals surface area contributed by atoms with E-state index < -0.39 is 11.6 Å². The lowest BCUT2D eigenvalue weighted by Gasteiger charge is -2.05. The maximum atomic E-state index is 14.2. The highest BCUT2D eigenvalue weighted by Crippen LogP contribution is 2.33. The van der Waals surface area contributed by atoms with Gasteiger partial charge in [-0.25, -0.2) is 13.8 Å². The van der Waals surface area contributed by atoms with E-state index in [1.165, 1.54) is 12.1 Å². The van der Waals surface area contributed by atoms with Crippen molar-refractivity contribution < 1.29 is 13.5 Å². The molecule has 0 aliphatic carbocycles. The lowest BCUT2D eigenvalue weighted by molar-refractivity contribution is 0.415. The van der Waals surface area contributed by atoms with Crippen molar-refractivity contribution in [2.24, 2.45) is 7.05 Å². The number of ether oxygens (including phenoxy) is 1. The van der Waals surface area contributed by atoms with Gasteiger partial charge in [-0.1, -0.05) is 0 Å². The summed E-state index contributed by atoms with van der Waals surface area (Å²) in [6, 6.07) is 15.1. The number of hydrogen-bond acceptors (Lipinski definition) is 2. The number of methoxy groups -OCH3 is 1. The zero-order chi connectivity index (χ0) is 18.3. The van der Waals surface area contributed by atoms with Crippen molar-refractivity contribution in [3.8, 4) is 28.1 Å². The van der Waals surface area contributed by atoms with E-state index in [0.717, 1.165) is 34.1 Å². The molecular formula is C21H16F2N2O. The molecule has 0 atom stereocenters. The van der Waals surface area contributed by atoms with Crippen LogP contribution in [0.3, 0.4) is 0 Å². The van der Waals surface area contributed by atoms with Crippen molar-refractivity contribution in [2.45, 2.75) is 0 Å². The van der Waals surface area contributed by atoms with Crippen molar-refractivity contribution in [3.63, 3.8) is 0 Å². The molecule has 0 radical (unpaired) electrons. The van der Waals surface area contributed by atoms with Gasteiger partial charge < -0.3 is 9.30 Å². The Bertz CT molecular complexity index is 1100. The minimum Gasteiger partial charge on any atom is -0.497 e. The first-order chi connectivity index (χ1) is 12.6. The SMILES string of the molecule is COc1ccc(-c2ccc3c(-c4ccc(F)cc4F)cn(C)c3n2)cc1.